The van der Waals surface area contributed by atoms with Crippen LogP contribution in [-0.4, -0.2) is 37.4 Å². The van der Waals surface area contributed by atoms with Crippen molar-refractivity contribution in [2.75, 3.05) is 20.6 Å². The Morgan fingerprint density at radius 3 is 2.20 bits per heavy atom. The second-order valence-corrected chi connectivity index (χ2v) is 5.06. The van der Waals surface area contributed by atoms with Gasteiger partial charge in [0.15, 0.2) is 0 Å². The van der Waals surface area contributed by atoms with E-state index in [0.717, 1.165) is 12.1 Å². The number of benzene rings is 1. The van der Waals surface area contributed by atoms with Crippen LogP contribution in [-0.2, 0) is 22.7 Å². The molecule has 20 heavy (non-hydrogen) atoms. The number of carbonyl (C=O) groups is 2. The number of hydrogen-bond donors (Lipinski definition) is 2. The quantitative estimate of drug-likeness (QED) is 0.778. The SMILES string of the molecule is CC(=O)NCCC(=O)NCc1ccc(CN(C)C)cc1. The van der Waals surface area contributed by atoms with Crippen molar-refractivity contribution in [3.63, 3.8) is 0 Å². The number of rotatable bonds is 7. The second kappa shape index (κ2) is 8.32. The number of carbonyl (C=O) groups excluding carboxylic acids is 2. The molecular formula is C15H23N3O2. The van der Waals surface area contributed by atoms with Gasteiger partial charge in [-0.15, -0.1) is 0 Å². The van der Waals surface area contributed by atoms with E-state index >= 15 is 0 Å². The van der Waals surface area contributed by atoms with Gasteiger partial charge in [-0.3, -0.25) is 9.59 Å². The molecule has 1 aromatic carbocycles. The summed E-state index contributed by atoms with van der Waals surface area (Å²) in [7, 11) is 4.06. The van der Waals surface area contributed by atoms with Crippen LogP contribution in [0, 0.1) is 0 Å². The van der Waals surface area contributed by atoms with Crippen LogP contribution >= 0.6 is 0 Å². The second-order valence-electron chi connectivity index (χ2n) is 5.06. The molecule has 0 saturated carbocycles. The number of nitrogens with one attached hydrogen (secondary N) is 2. The first-order chi connectivity index (χ1) is 9.47. The summed E-state index contributed by atoms with van der Waals surface area (Å²) in [6.07, 6.45) is 0.304. The Kier molecular flexibility index (Phi) is 6.73. The molecule has 0 heterocycles. The van der Waals surface area contributed by atoms with E-state index in [2.05, 4.69) is 27.7 Å². The van der Waals surface area contributed by atoms with Gasteiger partial charge in [-0.05, 0) is 25.2 Å². The highest BCUT2D eigenvalue weighted by Gasteiger charge is 2.02. The van der Waals surface area contributed by atoms with Crippen molar-refractivity contribution in [2.24, 2.45) is 0 Å². The molecule has 0 saturated heterocycles. The normalized spacial score (nSPS) is 10.4. The highest BCUT2D eigenvalue weighted by atomic mass is 16.2. The molecule has 2 amide bonds. The van der Waals surface area contributed by atoms with Crippen LogP contribution in [0.15, 0.2) is 24.3 Å². The van der Waals surface area contributed by atoms with Crippen LogP contribution in [0.4, 0.5) is 0 Å². The topological polar surface area (TPSA) is 61.4 Å². The molecule has 110 valence electrons. The van der Waals surface area contributed by atoms with Crippen molar-refractivity contribution in [1.29, 1.82) is 0 Å². The van der Waals surface area contributed by atoms with E-state index in [4.69, 9.17) is 0 Å². The molecule has 0 unspecified atom stereocenters. The summed E-state index contributed by atoms with van der Waals surface area (Å²) in [5.74, 6) is -0.176. The average Bonchev–Trinajstić information content (AvgIpc) is 2.37. The Balaban J connectivity index is 2.30. The average molecular weight is 277 g/mol. The predicted octanol–water partition coefficient (Wildman–Crippen LogP) is 0.891. The van der Waals surface area contributed by atoms with Gasteiger partial charge in [-0.25, -0.2) is 0 Å². The van der Waals surface area contributed by atoms with E-state index in [1.54, 1.807) is 0 Å². The Labute approximate surface area is 120 Å². The molecule has 0 bridgehead atoms. The van der Waals surface area contributed by atoms with Crippen LogP contribution in [0.1, 0.15) is 24.5 Å². The minimum absolute atomic E-state index is 0.0591. The molecule has 0 aliphatic carbocycles. The van der Waals surface area contributed by atoms with Crippen molar-refractivity contribution in [1.82, 2.24) is 15.5 Å². The standard InChI is InChI=1S/C15H23N3O2/c1-12(19)16-9-8-15(20)17-10-13-4-6-14(7-5-13)11-18(2)3/h4-7H,8-11H2,1-3H3,(H,16,19)(H,17,20). The minimum Gasteiger partial charge on any atom is -0.356 e. The molecule has 0 aliphatic heterocycles. The van der Waals surface area contributed by atoms with Gasteiger partial charge in [0.2, 0.25) is 11.8 Å². The van der Waals surface area contributed by atoms with Gasteiger partial charge < -0.3 is 15.5 Å². The van der Waals surface area contributed by atoms with Gasteiger partial charge >= 0.3 is 0 Å². The summed E-state index contributed by atoms with van der Waals surface area (Å²) in [6, 6.07) is 8.18. The monoisotopic (exact) mass is 277 g/mol. The van der Waals surface area contributed by atoms with Gasteiger partial charge in [-0.1, -0.05) is 24.3 Å². The molecule has 5 nitrogen and oxygen atoms in total. The lowest BCUT2D eigenvalue weighted by atomic mass is 10.1. The fourth-order valence-electron chi connectivity index (χ4n) is 1.77. The minimum atomic E-state index is -0.116. The van der Waals surface area contributed by atoms with Crippen LogP contribution < -0.4 is 10.6 Å². The summed E-state index contributed by atoms with van der Waals surface area (Å²) >= 11 is 0. The first-order valence-corrected chi connectivity index (χ1v) is 6.71. The van der Waals surface area contributed by atoms with Gasteiger partial charge in [0, 0.05) is 33.0 Å². The number of nitrogens with zero attached hydrogens (tertiary/aromatic N) is 1. The van der Waals surface area contributed by atoms with Crippen LogP contribution in [0.5, 0.6) is 0 Å². The fraction of sp³-hybridized carbons (Fsp3) is 0.467. The highest BCUT2D eigenvalue weighted by molar-refractivity contribution is 5.77. The molecule has 2 N–H and O–H groups in total. The van der Waals surface area contributed by atoms with E-state index in [1.165, 1.54) is 12.5 Å². The fourth-order valence-corrected chi connectivity index (χ4v) is 1.77. The molecule has 0 spiro atoms. The lowest BCUT2D eigenvalue weighted by Gasteiger charge is -2.10. The Hall–Kier alpha value is -1.88. The van der Waals surface area contributed by atoms with Crippen molar-refractivity contribution < 1.29 is 9.59 Å². The summed E-state index contributed by atoms with van der Waals surface area (Å²) in [4.78, 5) is 24.3. The Morgan fingerprint density at radius 2 is 1.65 bits per heavy atom. The first-order valence-electron chi connectivity index (χ1n) is 6.71. The zero-order valence-electron chi connectivity index (χ0n) is 12.4. The Morgan fingerprint density at radius 1 is 1.05 bits per heavy atom. The van der Waals surface area contributed by atoms with Gasteiger partial charge in [-0.2, -0.15) is 0 Å². The largest absolute Gasteiger partial charge is 0.356 e. The third-order valence-corrected chi connectivity index (χ3v) is 2.74. The van der Waals surface area contributed by atoms with Gasteiger partial charge in [0.1, 0.15) is 0 Å². The molecule has 1 rings (SSSR count). The predicted molar refractivity (Wildman–Crippen MR) is 79.0 cm³/mol. The summed E-state index contributed by atoms with van der Waals surface area (Å²) < 4.78 is 0. The molecular weight excluding hydrogens is 254 g/mol. The van der Waals surface area contributed by atoms with E-state index in [0.29, 0.717) is 19.5 Å². The zero-order chi connectivity index (χ0) is 15.0. The smallest absolute Gasteiger partial charge is 0.222 e. The molecule has 0 aromatic heterocycles. The van der Waals surface area contributed by atoms with Gasteiger partial charge in [0.05, 0.1) is 0 Å². The van der Waals surface area contributed by atoms with Crippen molar-refractivity contribution >= 4 is 11.8 Å². The number of amides is 2. The maximum absolute atomic E-state index is 11.5. The lowest BCUT2D eigenvalue weighted by molar-refractivity contribution is -0.121. The molecule has 0 radical (unpaired) electrons. The van der Waals surface area contributed by atoms with E-state index in [9.17, 15) is 9.59 Å². The maximum Gasteiger partial charge on any atom is 0.222 e. The van der Waals surface area contributed by atoms with Crippen LogP contribution in [0.25, 0.3) is 0 Å². The van der Waals surface area contributed by atoms with E-state index in [1.807, 2.05) is 26.2 Å². The summed E-state index contributed by atoms with van der Waals surface area (Å²) in [5.41, 5.74) is 2.32. The Bertz CT molecular complexity index is 441. The molecule has 0 fully saturated rings. The molecule has 1 aromatic rings. The third-order valence-electron chi connectivity index (χ3n) is 2.74. The first kappa shape index (κ1) is 16.2. The zero-order valence-corrected chi connectivity index (χ0v) is 12.4. The maximum atomic E-state index is 11.5. The highest BCUT2D eigenvalue weighted by Crippen LogP contribution is 2.06. The molecule has 0 atom stereocenters. The summed E-state index contributed by atoms with van der Waals surface area (Å²) in [5, 5.41) is 5.43. The molecule has 5 heteroatoms. The van der Waals surface area contributed by atoms with E-state index < -0.39 is 0 Å². The number of hydrogen-bond acceptors (Lipinski definition) is 3. The van der Waals surface area contributed by atoms with E-state index in [-0.39, 0.29) is 11.8 Å². The lowest BCUT2D eigenvalue weighted by Crippen LogP contribution is -2.29. The van der Waals surface area contributed by atoms with Crippen LogP contribution in [0.3, 0.4) is 0 Å². The van der Waals surface area contributed by atoms with Gasteiger partial charge in [0.25, 0.3) is 0 Å². The van der Waals surface area contributed by atoms with Crippen molar-refractivity contribution in [2.45, 2.75) is 26.4 Å². The van der Waals surface area contributed by atoms with Crippen molar-refractivity contribution in [3.05, 3.63) is 35.4 Å². The van der Waals surface area contributed by atoms with Crippen molar-refractivity contribution in [3.8, 4) is 0 Å². The molecule has 0 aliphatic rings. The van der Waals surface area contributed by atoms with Crippen LogP contribution in [0.2, 0.25) is 0 Å². The third kappa shape index (κ3) is 6.89. The summed E-state index contributed by atoms with van der Waals surface area (Å²) in [6.45, 7) is 3.24.